The van der Waals surface area contributed by atoms with Crippen molar-refractivity contribution < 1.29 is 0 Å². The maximum atomic E-state index is 5.50. The van der Waals surface area contributed by atoms with E-state index in [1.165, 1.54) is 16.7 Å². The average Bonchev–Trinajstić information content (AvgIpc) is 2.28. The SMILES string of the molecule is Cc1ccc(C(N)=S)c(C)c1.Cc1cccc(C)c1. The molecule has 0 aliphatic rings. The molecular formula is C17H21NS. The molecule has 0 saturated carbocycles. The van der Waals surface area contributed by atoms with Gasteiger partial charge < -0.3 is 5.73 Å². The summed E-state index contributed by atoms with van der Waals surface area (Å²) in [6, 6.07) is 14.5. The lowest BCUT2D eigenvalue weighted by Crippen LogP contribution is -2.10. The molecule has 19 heavy (non-hydrogen) atoms. The summed E-state index contributed by atoms with van der Waals surface area (Å²) in [7, 11) is 0. The molecular weight excluding hydrogens is 250 g/mol. The lowest BCUT2D eigenvalue weighted by atomic mass is 10.1. The van der Waals surface area contributed by atoms with E-state index < -0.39 is 0 Å². The first-order valence-corrected chi connectivity index (χ1v) is 6.71. The molecule has 2 aromatic rings. The summed E-state index contributed by atoms with van der Waals surface area (Å²) in [5.74, 6) is 0. The van der Waals surface area contributed by atoms with Crippen LogP contribution in [-0.4, -0.2) is 4.99 Å². The van der Waals surface area contributed by atoms with Gasteiger partial charge in [0.1, 0.15) is 4.99 Å². The molecule has 0 aliphatic heterocycles. The topological polar surface area (TPSA) is 26.0 Å². The molecule has 0 saturated heterocycles. The van der Waals surface area contributed by atoms with Crippen molar-refractivity contribution in [3.05, 3.63) is 70.3 Å². The summed E-state index contributed by atoms with van der Waals surface area (Å²) in [6.07, 6.45) is 0. The smallest absolute Gasteiger partial charge is 0.104 e. The maximum absolute atomic E-state index is 5.50. The molecule has 0 fully saturated rings. The van der Waals surface area contributed by atoms with E-state index in [1.54, 1.807) is 0 Å². The molecule has 0 spiro atoms. The second kappa shape index (κ2) is 7.05. The van der Waals surface area contributed by atoms with Crippen LogP contribution in [0.2, 0.25) is 0 Å². The van der Waals surface area contributed by atoms with Gasteiger partial charge in [-0.15, -0.1) is 0 Å². The number of aryl methyl sites for hydroxylation is 4. The van der Waals surface area contributed by atoms with E-state index in [2.05, 4.69) is 51.1 Å². The number of hydrogen-bond donors (Lipinski definition) is 1. The number of thiocarbonyl (C=S) groups is 1. The first-order chi connectivity index (χ1) is 8.90. The average molecular weight is 271 g/mol. The summed E-state index contributed by atoms with van der Waals surface area (Å²) in [5.41, 5.74) is 11.5. The third-order valence-electron chi connectivity index (χ3n) is 2.82. The Kier molecular flexibility index (Phi) is 5.71. The van der Waals surface area contributed by atoms with Crippen molar-refractivity contribution in [2.24, 2.45) is 5.73 Å². The van der Waals surface area contributed by atoms with E-state index in [4.69, 9.17) is 18.0 Å². The molecule has 2 N–H and O–H groups in total. The molecule has 2 rings (SSSR count). The number of nitrogens with two attached hydrogens (primary N) is 1. The van der Waals surface area contributed by atoms with Gasteiger partial charge in [0.05, 0.1) is 0 Å². The summed E-state index contributed by atoms with van der Waals surface area (Å²) < 4.78 is 0. The van der Waals surface area contributed by atoms with Gasteiger partial charge in [-0.3, -0.25) is 0 Å². The standard InChI is InChI=1S/C9H11NS.C8H10/c1-6-3-4-8(9(10)11)7(2)5-6;1-7-4-3-5-8(2)6-7/h3-5H,1-2H3,(H2,10,11);3-6H,1-2H3. The van der Waals surface area contributed by atoms with Crippen LogP contribution >= 0.6 is 12.2 Å². The van der Waals surface area contributed by atoms with E-state index >= 15 is 0 Å². The molecule has 1 nitrogen and oxygen atoms in total. The zero-order valence-electron chi connectivity index (χ0n) is 12.0. The number of hydrogen-bond acceptors (Lipinski definition) is 1. The Bertz CT molecular complexity index is 556. The second-order valence-electron chi connectivity index (χ2n) is 4.84. The summed E-state index contributed by atoms with van der Waals surface area (Å²) >= 11 is 4.87. The monoisotopic (exact) mass is 271 g/mol. The van der Waals surface area contributed by atoms with Crippen molar-refractivity contribution in [1.29, 1.82) is 0 Å². The van der Waals surface area contributed by atoms with Crippen molar-refractivity contribution in [3.63, 3.8) is 0 Å². The highest BCUT2D eigenvalue weighted by Gasteiger charge is 1.99. The Balaban J connectivity index is 0.000000200. The minimum atomic E-state index is 0.475. The summed E-state index contributed by atoms with van der Waals surface area (Å²) in [4.78, 5) is 0.475. The van der Waals surface area contributed by atoms with Crippen molar-refractivity contribution in [2.45, 2.75) is 27.7 Å². The van der Waals surface area contributed by atoms with Crippen molar-refractivity contribution >= 4 is 17.2 Å². The highest BCUT2D eigenvalue weighted by atomic mass is 32.1. The Morgan fingerprint density at radius 2 is 1.37 bits per heavy atom. The van der Waals surface area contributed by atoms with Gasteiger partial charge in [0.25, 0.3) is 0 Å². The third-order valence-corrected chi connectivity index (χ3v) is 3.04. The minimum absolute atomic E-state index is 0.475. The van der Waals surface area contributed by atoms with Crippen molar-refractivity contribution in [1.82, 2.24) is 0 Å². The van der Waals surface area contributed by atoms with Crippen molar-refractivity contribution in [2.75, 3.05) is 0 Å². The zero-order valence-corrected chi connectivity index (χ0v) is 12.8. The highest BCUT2D eigenvalue weighted by Crippen LogP contribution is 2.09. The molecule has 0 bridgehead atoms. The van der Waals surface area contributed by atoms with Crippen LogP contribution in [-0.2, 0) is 0 Å². The van der Waals surface area contributed by atoms with E-state index in [0.717, 1.165) is 11.1 Å². The predicted octanol–water partition coefficient (Wildman–Crippen LogP) is 4.24. The molecule has 100 valence electrons. The van der Waals surface area contributed by atoms with Gasteiger partial charge in [0, 0.05) is 5.56 Å². The van der Waals surface area contributed by atoms with Gasteiger partial charge in [-0.25, -0.2) is 0 Å². The molecule has 0 atom stereocenters. The van der Waals surface area contributed by atoms with Crippen LogP contribution in [0.3, 0.4) is 0 Å². The Morgan fingerprint density at radius 3 is 1.74 bits per heavy atom. The van der Waals surface area contributed by atoms with Crippen LogP contribution in [0.5, 0.6) is 0 Å². The predicted molar refractivity (Wildman–Crippen MR) is 87.7 cm³/mol. The van der Waals surface area contributed by atoms with Crippen LogP contribution < -0.4 is 5.73 Å². The van der Waals surface area contributed by atoms with E-state index in [1.807, 2.05) is 19.1 Å². The fourth-order valence-corrected chi connectivity index (χ4v) is 2.13. The fraction of sp³-hybridized carbons (Fsp3) is 0.235. The van der Waals surface area contributed by atoms with Crippen LogP contribution in [0.4, 0.5) is 0 Å². The molecule has 0 aliphatic carbocycles. The maximum Gasteiger partial charge on any atom is 0.104 e. The Morgan fingerprint density at radius 1 is 0.842 bits per heavy atom. The van der Waals surface area contributed by atoms with E-state index in [0.29, 0.717) is 4.99 Å². The molecule has 0 unspecified atom stereocenters. The van der Waals surface area contributed by atoms with E-state index in [9.17, 15) is 0 Å². The fourth-order valence-electron chi connectivity index (χ4n) is 1.90. The van der Waals surface area contributed by atoms with Gasteiger partial charge >= 0.3 is 0 Å². The van der Waals surface area contributed by atoms with Gasteiger partial charge in [0.2, 0.25) is 0 Å². The van der Waals surface area contributed by atoms with Gasteiger partial charge in [0.15, 0.2) is 0 Å². The number of rotatable bonds is 1. The van der Waals surface area contributed by atoms with Gasteiger partial charge in [-0.2, -0.15) is 0 Å². The summed E-state index contributed by atoms with van der Waals surface area (Å²) in [5, 5.41) is 0. The molecule has 0 amide bonds. The highest BCUT2D eigenvalue weighted by molar-refractivity contribution is 7.80. The first-order valence-electron chi connectivity index (χ1n) is 6.30. The third kappa shape index (κ3) is 5.23. The van der Waals surface area contributed by atoms with Crippen LogP contribution in [0.1, 0.15) is 27.8 Å². The zero-order chi connectivity index (χ0) is 14.4. The quantitative estimate of drug-likeness (QED) is 0.785. The van der Waals surface area contributed by atoms with Crippen LogP contribution in [0.15, 0.2) is 42.5 Å². The van der Waals surface area contributed by atoms with Gasteiger partial charge in [-0.1, -0.05) is 71.4 Å². The Labute approximate surface area is 121 Å². The van der Waals surface area contributed by atoms with Gasteiger partial charge in [-0.05, 0) is 33.3 Å². The minimum Gasteiger partial charge on any atom is -0.389 e. The lowest BCUT2D eigenvalue weighted by Gasteiger charge is -2.03. The lowest BCUT2D eigenvalue weighted by molar-refractivity contribution is 1.37. The molecule has 2 heteroatoms. The molecule has 0 radical (unpaired) electrons. The second-order valence-corrected chi connectivity index (χ2v) is 5.28. The normalized spacial score (nSPS) is 9.47. The summed E-state index contributed by atoms with van der Waals surface area (Å²) in [6.45, 7) is 8.28. The first kappa shape index (κ1) is 15.4. The Hall–Kier alpha value is -1.67. The number of benzene rings is 2. The van der Waals surface area contributed by atoms with Crippen LogP contribution in [0, 0.1) is 27.7 Å². The van der Waals surface area contributed by atoms with Crippen molar-refractivity contribution in [3.8, 4) is 0 Å². The molecule has 2 aromatic carbocycles. The van der Waals surface area contributed by atoms with Crippen LogP contribution in [0.25, 0.3) is 0 Å². The molecule has 0 aromatic heterocycles. The molecule has 0 heterocycles. The van der Waals surface area contributed by atoms with E-state index in [-0.39, 0.29) is 0 Å². The largest absolute Gasteiger partial charge is 0.389 e.